The number of pyridine rings is 2. The van der Waals surface area contributed by atoms with Gasteiger partial charge in [0.05, 0.1) is 6.04 Å². The van der Waals surface area contributed by atoms with Crippen LogP contribution in [0.4, 0.5) is 5.82 Å². The van der Waals surface area contributed by atoms with Crippen LogP contribution in [0, 0.1) is 13.8 Å². The first-order valence-electron chi connectivity index (χ1n) is 9.16. The maximum atomic E-state index is 11.1. The number of aromatic hydroxyl groups is 1. The van der Waals surface area contributed by atoms with Gasteiger partial charge in [-0.15, -0.1) is 0 Å². The molecule has 4 aromatic rings. The number of phenolic OH excluding ortho intramolecular Hbond substituents is 1. The van der Waals surface area contributed by atoms with E-state index in [9.17, 15) is 5.11 Å². The summed E-state index contributed by atoms with van der Waals surface area (Å²) in [7, 11) is 0. The third kappa shape index (κ3) is 4.14. The average Bonchev–Trinajstić information content (AvgIpc) is 2.66. The second kappa shape index (κ2) is 7.90. The fraction of sp³-hybridized carbons (Fsp3) is 0.130. The third-order valence-corrected chi connectivity index (χ3v) is 5.15. The number of aromatic nitrogens is 2. The molecule has 1 unspecified atom stereocenters. The standard InChI is InChI=1S/C23H19Cl2N3O/c1-13-4-3-5-20(26-13)28-21(16-10-17(24)12-18(25)11-16)19-9-8-15-7-6-14(2)27-22(15)23(19)29/h3-12,21,29H,1-2H3,(H,26,28). The molecule has 0 aliphatic carbocycles. The molecule has 4 rings (SSSR count). The van der Waals surface area contributed by atoms with Crippen LogP contribution in [0.2, 0.25) is 10.0 Å². The van der Waals surface area contributed by atoms with Gasteiger partial charge in [-0.3, -0.25) is 0 Å². The lowest BCUT2D eigenvalue weighted by atomic mass is 9.96. The number of anilines is 1. The minimum absolute atomic E-state index is 0.118. The van der Waals surface area contributed by atoms with Crippen molar-refractivity contribution in [1.29, 1.82) is 0 Å². The van der Waals surface area contributed by atoms with Gasteiger partial charge in [0.15, 0.2) is 0 Å². The number of halogens is 2. The summed E-state index contributed by atoms with van der Waals surface area (Å²) in [5.41, 5.74) is 3.75. The van der Waals surface area contributed by atoms with Gasteiger partial charge in [0.2, 0.25) is 0 Å². The second-order valence-corrected chi connectivity index (χ2v) is 7.84. The van der Waals surface area contributed by atoms with Crippen molar-refractivity contribution in [3.8, 4) is 5.75 Å². The summed E-state index contributed by atoms with van der Waals surface area (Å²) in [6.45, 7) is 3.82. The normalized spacial score (nSPS) is 12.1. The van der Waals surface area contributed by atoms with Crippen molar-refractivity contribution in [3.05, 3.63) is 93.2 Å². The van der Waals surface area contributed by atoms with Crippen molar-refractivity contribution in [2.24, 2.45) is 0 Å². The van der Waals surface area contributed by atoms with E-state index < -0.39 is 6.04 Å². The van der Waals surface area contributed by atoms with Crippen molar-refractivity contribution in [2.75, 3.05) is 5.32 Å². The van der Waals surface area contributed by atoms with E-state index in [1.165, 1.54) is 0 Å². The van der Waals surface area contributed by atoms with Gasteiger partial charge in [0, 0.05) is 32.4 Å². The first-order valence-corrected chi connectivity index (χ1v) is 9.92. The topological polar surface area (TPSA) is 58.0 Å². The Hall–Kier alpha value is -2.82. The largest absolute Gasteiger partial charge is 0.505 e. The molecule has 29 heavy (non-hydrogen) atoms. The second-order valence-electron chi connectivity index (χ2n) is 6.97. The molecule has 4 nitrogen and oxygen atoms in total. The molecule has 0 spiro atoms. The van der Waals surface area contributed by atoms with Crippen molar-refractivity contribution >= 4 is 39.9 Å². The zero-order valence-corrected chi connectivity index (χ0v) is 17.5. The Kier molecular flexibility index (Phi) is 5.31. The van der Waals surface area contributed by atoms with Crippen LogP contribution < -0.4 is 5.32 Å². The highest BCUT2D eigenvalue weighted by Gasteiger charge is 2.21. The van der Waals surface area contributed by atoms with Gasteiger partial charge < -0.3 is 10.4 Å². The molecule has 6 heteroatoms. The Bertz CT molecular complexity index is 1190. The number of nitrogens with one attached hydrogen (secondary N) is 1. The number of hydrogen-bond donors (Lipinski definition) is 2. The van der Waals surface area contributed by atoms with E-state index in [4.69, 9.17) is 23.2 Å². The highest BCUT2D eigenvalue weighted by Crippen LogP contribution is 2.38. The maximum Gasteiger partial charge on any atom is 0.147 e. The van der Waals surface area contributed by atoms with E-state index in [0.29, 0.717) is 26.9 Å². The number of benzene rings is 2. The predicted molar refractivity (Wildman–Crippen MR) is 119 cm³/mol. The summed E-state index contributed by atoms with van der Waals surface area (Å²) < 4.78 is 0. The van der Waals surface area contributed by atoms with Crippen LogP contribution in [0.1, 0.15) is 28.6 Å². The molecule has 0 amide bonds. The molecule has 0 radical (unpaired) electrons. The Morgan fingerprint density at radius 3 is 2.28 bits per heavy atom. The Labute approximate surface area is 179 Å². The molecule has 146 valence electrons. The lowest BCUT2D eigenvalue weighted by Gasteiger charge is -2.22. The zero-order chi connectivity index (χ0) is 20.5. The number of phenols is 1. The minimum atomic E-state index is -0.424. The van der Waals surface area contributed by atoms with Gasteiger partial charge in [-0.2, -0.15) is 0 Å². The molecule has 0 aliphatic rings. The molecule has 0 fully saturated rings. The number of rotatable bonds is 4. The molecular weight excluding hydrogens is 405 g/mol. The van der Waals surface area contributed by atoms with Crippen LogP contribution in [0.25, 0.3) is 10.9 Å². The van der Waals surface area contributed by atoms with Gasteiger partial charge in [0.1, 0.15) is 17.1 Å². The Morgan fingerprint density at radius 1 is 0.862 bits per heavy atom. The van der Waals surface area contributed by atoms with E-state index in [0.717, 1.165) is 22.3 Å². The fourth-order valence-corrected chi connectivity index (χ4v) is 3.92. The average molecular weight is 424 g/mol. The van der Waals surface area contributed by atoms with Crippen molar-refractivity contribution in [2.45, 2.75) is 19.9 Å². The number of aryl methyl sites for hydroxylation is 2. The van der Waals surface area contributed by atoms with Gasteiger partial charge in [-0.25, -0.2) is 9.97 Å². The SMILES string of the molecule is Cc1cccc(NC(c2cc(Cl)cc(Cl)c2)c2ccc3ccc(C)nc3c2O)n1. The van der Waals surface area contributed by atoms with Gasteiger partial charge in [0.25, 0.3) is 0 Å². The zero-order valence-electron chi connectivity index (χ0n) is 15.9. The van der Waals surface area contributed by atoms with Crippen molar-refractivity contribution in [1.82, 2.24) is 9.97 Å². The number of hydrogen-bond acceptors (Lipinski definition) is 4. The fourth-order valence-electron chi connectivity index (χ4n) is 3.37. The van der Waals surface area contributed by atoms with Crippen LogP contribution in [-0.4, -0.2) is 15.1 Å². The molecule has 2 aromatic carbocycles. The third-order valence-electron chi connectivity index (χ3n) is 4.72. The molecule has 0 bridgehead atoms. The Morgan fingerprint density at radius 2 is 1.55 bits per heavy atom. The molecule has 0 saturated carbocycles. The lowest BCUT2D eigenvalue weighted by molar-refractivity contribution is 0.471. The van der Waals surface area contributed by atoms with Crippen LogP contribution in [0.5, 0.6) is 5.75 Å². The number of fused-ring (bicyclic) bond motifs is 1. The van der Waals surface area contributed by atoms with E-state index >= 15 is 0 Å². The van der Waals surface area contributed by atoms with Crippen LogP contribution >= 0.6 is 23.2 Å². The monoisotopic (exact) mass is 423 g/mol. The van der Waals surface area contributed by atoms with E-state index in [1.54, 1.807) is 6.07 Å². The lowest BCUT2D eigenvalue weighted by Crippen LogP contribution is -2.14. The molecule has 2 N–H and O–H groups in total. The first-order chi connectivity index (χ1) is 13.9. The van der Waals surface area contributed by atoms with Gasteiger partial charge in [-0.05, 0) is 55.8 Å². The first kappa shape index (κ1) is 19.5. The molecule has 2 heterocycles. The minimum Gasteiger partial charge on any atom is -0.505 e. The smallest absolute Gasteiger partial charge is 0.147 e. The van der Waals surface area contributed by atoms with Crippen molar-refractivity contribution < 1.29 is 5.11 Å². The predicted octanol–water partition coefficient (Wildman–Crippen LogP) is 6.46. The molecule has 2 aromatic heterocycles. The molecule has 0 aliphatic heterocycles. The van der Waals surface area contributed by atoms with Crippen LogP contribution in [0.3, 0.4) is 0 Å². The summed E-state index contributed by atoms with van der Waals surface area (Å²) in [4.78, 5) is 9.06. The highest BCUT2D eigenvalue weighted by molar-refractivity contribution is 6.34. The van der Waals surface area contributed by atoms with Gasteiger partial charge >= 0.3 is 0 Å². The maximum absolute atomic E-state index is 11.1. The Balaban J connectivity index is 1.90. The summed E-state index contributed by atoms with van der Waals surface area (Å²) in [6, 6.07) is 18.3. The summed E-state index contributed by atoms with van der Waals surface area (Å²) in [5, 5.41) is 16.4. The molecule has 1 atom stereocenters. The van der Waals surface area contributed by atoms with E-state index in [1.807, 2.05) is 68.4 Å². The van der Waals surface area contributed by atoms with E-state index in [2.05, 4.69) is 15.3 Å². The summed E-state index contributed by atoms with van der Waals surface area (Å²) in [6.07, 6.45) is 0. The van der Waals surface area contributed by atoms with Crippen LogP contribution in [0.15, 0.2) is 60.7 Å². The summed E-state index contributed by atoms with van der Waals surface area (Å²) >= 11 is 12.5. The van der Waals surface area contributed by atoms with Crippen LogP contribution in [-0.2, 0) is 0 Å². The van der Waals surface area contributed by atoms with E-state index in [-0.39, 0.29) is 5.75 Å². The summed E-state index contributed by atoms with van der Waals surface area (Å²) in [5.74, 6) is 0.801. The number of nitrogens with zero attached hydrogens (tertiary/aromatic N) is 2. The molecule has 0 saturated heterocycles. The quantitative estimate of drug-likeness (QED) is 0.395. The molecular formula is C23H19Cl2N3O. The van der Waals surface area contributed by atoms with Crippen molar-refractivity contribution in [3.63, 3.8) is 0 Å². The van der Waals surface area contributed by atoms with Gasteiger partial charge in [-0.1, -0.05) is 47.5 Å². The highest BCUT2D eigenvalue weighted by atomic mass is 35.5.